The highest BCUT2D eigenvalue weighted by atomic mass is 16.5. The van der Waals surface area contributed by atoms with Gasteiger partial charge in [-0.25, -0.2) is 0 Å². The van der Waals surface area contributed by atoms with Crippen molar-refractivity contribution in [3.63, 3.8) is 0 Å². The van der Waals surface area contributed by atoms with Crippen LogP contribution in [0.2, 0.25) is 0 Å². The number of pyridine rings is 1. The summed E-state index contributed by atoms with van der Waals surface area (Å²) >= 11 is 0. The molecule has 0 aliphatic carbocycles. The first-order chi connectivity index (χ1) is 8.24. The molecule has 0 aliphatic rings. The Labute approximate surface area is 100 Å². The lowest BCUT2D eigenvalue weighted by atomic mass is 10.1. The van der Waals surface area contributed by atoms with Gasteiger partial charge in [0.25, 0.3) is 0 Å². The van der Waals surface area contributed by atoms with Gasteiger partial charge in [-0.1, -0.05) is 0 Å². The molecule has 1 heterocycles. The van der Waals surface area contributed by atoms with Crippen LogP contribution in [0.5, 0.6) is 5.75 Å². The van der Waals surface area contributed by atoms with Gasteiger partial charge in [0.2, 0.25) is 0 Å². The van der Waals surface area contributed by atoms with Crippen LogP contribution in [-0.4, -0.2) is 30.4 Å². The molecule has 0 atom stereocenters. The third kappa shape index (κ3) is 2.47. The molecule has 0 amide bonds. The van der Waals surface area contributed by atoms with Gasteiger partial charge in [0.1, 0.15) is 5.75 Å². The first kappa shape index (κ1) is 11.7. The van der Waals surface area contributed by atoms with Crippen LogP contribution >= 0.6 is 0 Å². The number of aromatic nitrogens is 1. The molecule has 1 aromatic carbocycles. The van der Waals surface area contributed by atoms with Gasteiger partial charge in [0, 0.05) is 23.3 Å². The second-order valence-corrected chi connectivity index (χ2v) is 3.84. The highest BCUT2D eigenvalue weighted by molar-refractivity contribution is 5.92. The molecule has 0 unspecified atom stereocenters. The van der Waals surface area contributed by atoms with E-state index in [2.05, 4.69) is 10.3 Å². The summed E-state index contributed by atoms with van der Waals surface area (Å²) in [6.45, 7) is 2.58. The lowest BCUT2D eigenvalue weighted by Gasteiger charge is -2.10. The van der Waals surface area contributed by atoms with Gasteiger partial charge in [0.15, 0.2) is 0 Å². The molecule has 1 aromatic heterocycles. The predicted molar refractivity (Wildman–Crippen MR) is 68.6 cm³/mol. The van der Waals surface area contributed by atoms with Crippen molar-refractivity contribution in [2.75, 3.05) is 25.6 Å². The minimum Gasteiger partial charge on any atom is -0.497 e. The summed E-state index contributed by atoms with van der Waals surface area (Å²) in [7, 11) is 1.64. The lowest BCUT2D eigenvalue weighted by Crippen LogP contribution is -2.06. The number of ether oxygens (including phenoxy) is 1. The summed E-state index contributed by atoms with van der Waals surface area (Å²) in [6.07, 6.45) is 0. The van der Waals surface area contributed by atoms with Gasteiger partial charge in [-0.2, -0.15) is 0 Å². The van der Waals surface area contributed by atoms with Crippen molar-refractivity contribution in [2.24, 2.45) is 0 Å². The average molecular weight is 232 g/mol. The first-order valence-electron chi connectivity index (χ1n) is 5.54. The summed E-state index contributed by atoms with van der Waals surface area (Å²) in [4.78, 5) is 4.46. The Hall–Kier alpha value is -1.81. The number of nitrogens with zero attached hydrogens (tertiary/aromatic N) is 1. The minimum atomic E-state index is 0.104. The van der Waals surface area contributed by atoms with Crippen molar-refractivity contribution in [3.05, 3.63) is 30.0 Å². The van der Waals surface area contributed by atoms with E-state index in [1.807, 2.05) is 31.2 Å². The number of hydrogen-bond acceptors (Lipinski definition) is 4. The van der Waals surface area contributed by atoms with E-state index in [-0.39, 0.29) is 6.61 Å². The van der Waals surface area contributed by atoms with Crippen LogP contribution in [0.4, 0.5) is 5.69 Å². The van der Waals surface area contributed by atoms with E-state index < -0.39 is 0 Å². The van der Waals surface area contributed by atoms with Gasteiger partial charge >= 0.3 is 0 Å². The quantitative estimate of drug-likeness (QED) is 0.846. The third-order valence-corrected chi connectivity index (χ3v) is 2.57. The SMILES string of the molecule is COc1ccc2nc(C)cc(NCCO)c2c1. The van der Waals surface area contributed by atoms with Crippen molar-refractivity contribution in [2.45, 2.75) is 6.92 Å². The van der Waals surface area contributed by atoms with Gasteiger partial charge in [0.05, 0.1) is 19.2 Å². The van der Waals surface area contributed by atoms with Crippen molar-refractivity contribution in [3.8, 4) is 5.75 Å². The fraction of sp³-hybridized carbons (Fsp3) is 0.308. The standard InChI is InChI=1S/C13H16N2O2/c1-9-7-13(14-5-6-16)11-8-10(17-2)3-4-12(11)15-9/h3-4,7-8,16H,5-6H2,1-2H3,(H,14,15). The minimum absolute atomic E-state index is 0.104. The zero-order chi connectivity index (χ0) is 12.3. The van der Waals surface area contributed by atoms with Gasteiger partial charge < -0.3 is 15.2 Å². The molecule has 4 heteroatoms. The van der Waals surface area contributed by atoms with Crippen LogP contribution in [0.3, 0.4) is 0 Å². The molecule has 0 fully saturated rings. The summed E-state index contributed by atoms with van der Waals surface area (Å²) in [6, 6.07) is 7.74. The lowest BCUT2D eigenvalue weighted by molar-refractivity contribution is 0.311. The maximum Gasteiger partial charge on any atom is 0.119 e. The molecule has 4 nitrogen and oxygen atoms in total. The van der Waals surface area contributed by atoms with E-state index in [1.54, 1.807) is 7.11 Å². The number of aliphatic hydroxyl groups is 1. The fourth-order valence-corrected chi connectivity index (χ4v) is 1.80. The Morgan fingerprint density at radius 3 is 2.88 bits per heavy atom. The summed E-state index contributed by atoms with van der Waals surface area (Å²) in [5, 5.41) is 13.1. The van der Waals surface area contributed by atoms with Gasteiger partial charge in [-0.3, -0.25) is 4.98 Å². The number of nitrogens with one attached hydrogen (secondary N) is 1. The Morgan fingerprint density at radius 2 is 2.18 bits per heavy atom. The van der Waals surface area contributed by atoms with Crippen LogP contribution in [0.15, 0.2) is 24.3 Å². The first-order valence-corrected chi connectivity index (χ1v) is 5.54. The summed E-state index contributed by atoms with van der Waals surface area (Å²) < 4.78 is 5.21. The number of aryl methyl sites for hydroxylation is 1. The predicted octanol–water partition coefficient (Wildman–Crippen LogP) is 1.96. The average Bonchev–Trinajstić information content (AvgIpc) is 2.35. The molecule has 0 saturated carbocycles. The second-order valence-electron chi connectivity index (χ2n) is 3.84. The Bertz CT molecular complexity index is 526. The molecular weight excluding hydrogens is 216 g/mol. The highest BCUT2D eigenvalue weighted by Crippen LogP contribution is 2.26. The molecule has 0 bridgehead atoms. The summed E-state index contributed by atoms with van der Waals surface area (Å²) in [5.41, 5.74) is 2.84. The van der Waals surface area contributed by atoms with Crippen LogP contribution in [0.1, 0.15) is 5.69 Å². The Balaban J connectivity index is 2.53. The molecule has 0 spiro atoms. The van der Waals surface area contributed by atoms with Crippen LogP contribution < -0.4 is 10.1 Å². The van der Waals surface area contributed by atoms with Gasteiger partial charge in [-0.15, -0.1) is 0 Å². The zero-order valence-electron chi connectivity index (χ0n) is 10.0. The molecule has 2 N–H and O–H groups in total. The van der Waals surface area contributed by atoms with Crippen molar-refractivity contribution in [1.29, 1.82) is 0 Å². The molecule has 90 valence electrons. The van der Waals surface area contributed by atoms with Crippen LogP contribution in [0.25, 0.3) is 10.9 Å². The van der Waals surface area contributed by atoms with E-state index in [0.29, 0.717) is 6.54 Å². The van der Waals surface area contributed by atoms with E-state index in [0.717, 1.165) is 28.0 Å². The smallest absolute Gasteiger partial charge is 0.119 e. The molecular formula is C13H16N2O2. The molecule has 2 aromatic rings. The number of anilines is 1. The number of methoxy groups -OCH3 is 1. The fourth-order valence-electron chi connectivity index (χ4n) is 1.80. The topological polar surface area (TPSA) is 54.4 Å². The monoisotopic (exact) mass is 232 g/mol. The van der Waals surface area contributed by atoms with Crippen molar-refractivity contribution in [1.82, 2.24) is 4.98 Å². The molecule has 0 aliphatic heterocycles. The normalized spacial score (nSPS) is 10.5. The highest BCUT2D eigenvalue weighted by Gasteiger charge is 2.05. The maximum absolute atomic E-state index is 8.87. The number of benzene rings is 1. The number of hydrogen-bond donors (Lipinski definition) is 2. The molecule has 2 rings (SSSR count). The maximum atomic E-state index is 8.87. The molecule has 0 radical (unpaired) electrons. The van der Waals surface area contributed by atoms with Crippen LogP contribution in [-0.2, 0) is 0 Å². The Morgan fingerprint density at radius 1 is 1.35 bits per heavy atom. The van der Waals surface area contributed by atoms with Gasteiger partial charge in [-0.05, 0) is 31.2 Å². The van der Waals surface area contributed by atoms with E-state index in [1.165, 1.54) is 0 Å². The molecule has 17 heavy (non-hydrogen) atoms. The number of fused-ring (bicyclic) bond motifs is 1. The van der Waals surface area contributed by atoms with E-state index >= 15 is 0 Å². The number of rotatable bonds is 4. The summed E-state index contributed by atoms with van der Waals surface area (Å²) in [5.74, 6) is 0.801. The second kappa shape index (κ2) is 5.01. The largest absolute Gasteiger partial charge is 0.497 e. The zero-order valence-corrected chi connectivity index (χ0v) is 10.0. The third-order valence-electron chi connectivity index (χ3n) is 2.57. The van der Waals surface area contributed by atoms with Crippen LogP contribution in [0, 0.1) is 6.92 Å². The number of aliphatic hydroxyl groups excluding tert-OH is 1. The molecule has 0 saturated heterocycles. The van der Waals surface area contributed by atoms with Crippen molar-refractivity contribution >= 4 is 16.6 Å². The van der Waals surface area contributed by atoms with E-state index in [9.17, 15) is 0 Å². The van der Waals surface area contributed by atoms with E-state index in [4.69, 9.17) is 9.84 Å². The Kier molecular flexibility index (Phi) is 3.44. The van der Waals surface area contributed by atoms with Crippen molar-refractivity contribution < 1.29 is 9.84 Å².